The van der Waals surface area contributed by atoms with Crippen LogP contribution in [-0.4, -0.2) is 17.6 Å². The van der Waals surface area contributed by atoms with Gasteiger partial charge in [-0.2, -0.15) is 0 Å². The minimum Gasteiger partial charge on any atom is -0.480 e. The van der Waals surface area contributed by atoms with Gasteiger partial charge < -0.3 is 5.11 Å². The van der Waals surface area contributed by atoms with Crippen molar-refractivity contribution in [3.05, 3.63) is 22.4 Å². The molecular weight excluding hydrogens is 246 g/mol. The number of carbonyl (C=O) groups is 1. The fraction of sp³-hybridized carbons (Fsp3) is 0.545. The maximum atomic E-state index is 10.5. The Balaban J connectivity index is 0.00000225. The van der Waals surface area contributed by atoms with Crippen LogP contribution in [0.1, 0.15) is 31.7 Å². The first kappa shape index (κ1) is 15.4. The summed E-state index contributed by atoms with van der Waals surface area (Å²) in [5.74, 6) is -0.819. The number of hydrogen-bond donors (Lipinski definition) is 2. The number of thiophene rings is 1. The largest absolute Gasteiger partial charge is 0.480 e. The molecule has 0 aliphatic heterocycles. The topological polar surface area (TPSA) is 49.3 Å². The number of nitrogens with one attached hydrogen (secondary N) is 1. The molecule has 3 nitrogen and oxygen atoms in total. The van der Waals surface area contributed by atoms with Gasteiger partial charge in [-0.05, 0) is 16.9 Å². The molecule has 0 fully saturated rings. The maximum absolute atomic E-state index is 10.5. The predicted molar refractivity (Wildman–Crippen MR) is 69.4 cm³/mol. The van der Waals surface area contributed by atoms with E-state index in [9.17, 15) is 4.79 Å². The van der Waals surface area contributed by atoms with Crippen molar-refractivity contribution in [1.29, 1.82) is 0 Å². The average molecular weight is 264 g/mol. The van der Waals surface area contributed by atoms with Gasteiger partial charge in [-0.3, -0.25) is 10.1 Å². The van der Waals surface area contributed by atoms with E-state index in [2.05, 4.69) is 26.1 Å². The quantitative estimate of drug-likeness (QED) is 0.878. The Morgan fingerprint density at radius 1 is 1.56 bits per heavy atom. The molecule has 1 aromatic heterocycles. The van der Waals surface area contributed by atoms with E-state index in [1.165, 1.54) is 4.88 Å². The summed E-state index contributed by atoms with van der Waals surface area (Å²) in [7, 11) is 0. The summed E-state index contributed by atoms with van der Waals surface area (Å²) in [6.45, 7) is 6.31. The summed E-state index contributed by atoms with van der Waals surface area (Å²) >= 11 is 1.65. The zero-order valence-electron chi connectivity index (χ0n) is 9.69. The van der Waals surface area contributed by atoms with Gasteiger partial charge in [0.05, 0.1) is 6.54 Å². The smallest absolute Gasteiger partial charge is 0.317 e. The zero-order valence-corrected chi connectivity index (χ0v) is 11.3. The van der Waals surface area contributed by atoms with E-state index < -0.39 is 5.97 Å². The van der Waals surface area contributed by atoms with E-state index in [4.69, 9.17) is 5.11 Å². The molecule has 0 bridgehead atoms. The van der Waals surface area contributed by atoms with E-state index in [1.54, 1.807) is 11.3 Å². The average Bonchev–Trinajstić information content (AvgIpc) is 2.54. The van der Waals surface area contributed by atoms with E-state index in [0.29, 0.717) is 0 Å². The molecule has 1 unspecified atom stereocenters. The Hall–Kier alpha value is -0.580. The molecule has 1 rings (SSSR count). The van der Waals surface area contributed by atoms with Gasteiger partial charge in [0.2, 0.25) is 0 Å². The van der Waals surface area contributed by atoms with Crippen LogP contribution >= 0.6 is 23.7 Å². The van der Waals surface area contributed by atoms with E-state index >= 15 is 0 Å². The molecule has 92 valence electrons. The Morgan fingerprint density at radius 2 is 2.19 bits per heavy atom. The third kappa shape index (κ3) is 4.51. The fourth-order valence-corrected chi connectivity index (χ4v) is 2.52. The minimum absolute atomic E-state index is 0. The lowest BCUT2D eigenvalue weighted by Crippen LogP contribution is -2.35. The molecule has 0 radical (unpaired) electrons. The molecule has 0 amide bonds. The highest BCUT2D eigenvalue weighted by Gasteiger charge is 2.26. The number of rotatable bonds is 4. The van der Waals surface area contributed by atoms with Gasteiger partial charge in [-0.25, -0.2) is 0 Å². The van der Waals surface area contributed by atoms with Crippen molar-refractivity contribution in [3.8, 4) is 0 Å². The first-order valence-corrected chi connectivity index (χ1v) is 5.78. The molecule has 0 aliphatic rings. The molecular formula is C11H18ClNO2S. The van der Waals surface area contributed by atoms with Gasteiger partial charge in [0.15, 0.2) is 0 Å². The lowest BCUT2D eigenvalue weighted by atomic mass is 9.86. The molecule has 1 heterocycles. The molecule has 0 aromatic carbocycles. The third-order valence-electron chi connectivity index (χ3n) is 2.15. The summed E-state index contributed by atoms with van der Waals surface area (Å²) in [4.78, 5) is 11.7. The molecule has 1 atom stereocenters. The number of carboxylic acids is 1. The normalized spacial score (nSPS) is 12.9. The number of carboxylic acid groups (broad SMARTS) is 1. The van der Waals surface area contributed by atoms with Crippen LogP contribution in [-0.2, 0) is 4.79 Å². The second-order valence-corrected chi connectivity index (χ2v) is 5.57. The maximum Gasteiger partial charge on any atom is 0.317 e. The van der Waals surface area contributed by atoms with Gasteiger partial charge in [-0.15, -0.1) is 23.7 Å². The second-order valence-electron chi connectivity index (χ2n) is 4.59. The molecule has 1 aromatic rings. The van der Waals surface area contributed by atoms with Gasteiger partial charge in [0.1, 0.15) is 0 Å². The van der Waals surface area contributed by atoms with Crippen molar-refractivity contribution >= 4 is 29.7 Å². The lowest BCUT2D eigenvalue weighted by molar-refractivity contribution is -0.136. The Kier molecular flexibility index (Phi) is 6.00. The summed E-state index contributed by atoms with van der Waals surface area (Å²) in [6.07, 6.45) is 0. The van der Waals surface area contributed by atoms with Gasteiger partial charge in [0.25, 0.3) is 0 Å². The van der Waals surface area contributed by atoms with Crippen molar-refractivity contribution in [3.63, 3.8) is 0 Å². The zero-order chi connectivity index (χ0) is 11.5. The van der Waals surface area contributed by atoms with Crippen LogP contribution in [0.15, 0.2) is 17.5 Å². The Morgan fingerprint density at radius 3 is 2.56 bits per heavy atom. The summed E-state index contributed by atoms with van der Waals surface area (Å²) in [6, 6.07) is 4.12. The molecule has 0 saturated heterocycles. The first-order valence-electron chi connectivity index (χ1n) is 4.90. The van der Waals surface area contributed by atoms with Crippen molar-refractivity contribution in [2.45, 2.75) is 26.8 Å². The molecule has 5 heteroatoms. The first-order chi connectivity index (χ1) is 6.91. The lowest BCUT2D eigenvalue weighted by Gasteiger charge is -2.30. The summed E-state index contributed by atoms with van der Waals surface area (Å²) in [5.41, 5.74) is 0.0142. The monoisotopic (exact) mass is 263 g/mol. The highest BCUT2D eigenvalue weighted by atomic mass is 35.5. The van der Waals surface area contributed by atoms with Crippen LogP contribution in [0.5, 0.6) is 0 Å². The van der Waals surface area contributed by atoms with Gasteiger partial charge in [0, 0.05) is 10.9 Å². The van der Waals surface area contributed by atoms with E-state index in [-0.39, 0.29) is 30.4 Å². The summed E-state index contributed by atoms with van der Waals surface area (Å²) < 4.78 is 0. The highest BCUT2D eigenvalue weighted by Crippen LogP contribution is 2.34. The molecule has 0 spiro atoms. The number of hydrogen-bond acceptors (Lipinski definition) is 3. The van der Waals surface area contributed by atoms with Crippen LogP contribution in [0.3, 0.4) is 0 Å². The SMILES string of the molecule is CC(C)(C)C(NCC(=O)O)c1cccs1.Cl. The minimum atomic E-state index is -0.819. The standard InChI is InChI=1S/C11H17NO2S.ClH/c1-11(2,3)10(12-7-9(13)14)8-5-4-6-15-8;/h4-6,10,12H,7H2,1-3H3,(H,13,14);1H. The van der Waals surface area contributed by atoms with Crippen molar-refractivity contribution in [2.24, 2.45) is 5.41 Å². The van der Waals surface area contributed by atoms with Crippen molar-refractivity contribution in [2.75, 3.05) is 6.54 Å². The van der Waals surface area contributed by atoms with Crippen molar-refractivity contribution < 1.29 is 9.90 Å². The molecule has 0 saturated carbocycles. The van der Waals surface area contributed by atoms with Gasteiger partial charge >= 0.3 is 5.97 Å². The Bertz CT molecular complexity index is 319. The van der Waals surface area contributed by atoms with Crippen LogP contribution in [0, 0.1) is 5.41 Å². The van der Waals surface area contributed by atoms with Crippen molar-refractivity contribution in [1.82, 2.24) is 5.32 Å². The fourth-order valence-electron chi connectivity index (χ4n) is 1.48. The highest BCUT2D eigenvalue weighted by molar-refractivity contribution is 7.10. The Labute approximate surface area is 106 Å². The predicted octanol–water partition coefficient (Wildman–Crippen LogP) is 2.93. The number of aliphatic carboxylic acids is 1. The molecule has 0 aliphatic carbocycles. The van der Waals surface area contributed by atoms with E-state index in [0.717, 1.165) is 0 Å². The third-order valence-corrected chi connectivity index (χ3v) is 3.09. The molecule has 2 N–H and O–H groups in total. The van der Waals surface area contributed by atoms with Crippen LogP contribution in [0.4, 0.5) is 0 Å². The van der Waals surface area contributed by atoms with Crippen LogP contribution in [0.25, 0.3) is 0 Å². The molecule has 16 heavy (non-hydrogen) atoms. The van der Waals surface area contributed by atoms with Crippen LogP contribution < -0.4 is 5.32 Å². The number of halogens is 1. The van der Waals surface area contributed by atoms with Gasteiger partial charge in [-0.1, -0.05) is 26.8 Å². The van der Waals surface area contributed by atoms with Crippen LogP contribution in [0.2, 0.25) is 0 Å². The second kappa shape index (κ2) is 6.23. The van der Waals surface area contributed by atoms with E-state index in [1.807, 2.05) is 17.5 Å². The summed E-state index contributed by atoms with van der Waals surface area (Å²) in [5, 5.41) is 13.7.